The van der Waals surface area contributed by atoms with Gasteiger partial charge in [0.25, 0.3) is 0 Å². The monoisotopic (exact) mass is 347 g/mol. The third kappa shape index (κ3) is 5.06. The zero-order valence-electron chi connectivity index (χ0n) is 15.0. The number of rotatable bonds is 9. The van der Waals surface area contributed by atoms with Gasteiger partial charge in [-0.2, -0.15) is 0 Å². The zero-order valence-corrected chi connectivity index (χ0v) is 15.0. The molecule has 0 aliphatic rings. The average Bonchev–Trinajstić information content (AvgIpc) is 2.60. The predicted molar refractivity (Wildman–Crippen MR) is 96.2 cm³/mol. The van der Waals surface area contributed by atoms with Gasteiger partial charge in [-0.25, -0.2) is 4.79 Å². The highest BCUT2D eigenvalue weighted by molar-refractivity contribution is 5.82. The lowest BCUT2D eigenvalue weighted by Gasteiger charge is -2.09. The zero-order chi connectivity index (χ0) is 18.2. The van der Waals surface area contributed by atoms with Crippen molar-refractivity contribution in [2.75, 3.05) is 26.9 Å². The van der Waals surface area contributed by atoms with E-state index in [0.29, 0.717) is 43.1 Å². The second kappa shape index (κ2) is 9.22. The highest BCUT2D eigenvalue weighted by Gasteiger charge is 2.13. The molecule has 1 amide bonds. The summed E-state index contributed by atoms with van der Waals surface area (Å²) in [5.41, 5.74) is 1.48. The van der Waals surface area contributed by atoms with Gasteiger partial charge in [-0.05, 0) is 44.4 Å². The molecule has 1 heterocycles. The quantitative estimate of drug-likeness (QED) is 0.557. The van der Waals surface area contributed by atoms with Crippen molar-refractivity contribution in [1.82, 2.24) is 5.32 Å². The van der Waals surface area contributed by atoms with Gasteiger partial charge < -0.3 is 19.2 Å². The number of ether oxygens (including phenoxy) is 2. The van der Waals surface area contributed by atoms with Gasteiger partial charge >= 0.3 is 5.63 Å². The topological polar surface area (TPSA) is 77.8 Å². The molecule has 0 saturated heterocycles. The van der Waals surface area contributed by atoms with E-state index in [1.165, 1.54) is 0 Å². The van der Waals surface area contributed by atoms with E-state index in [-0.39, 0.29) is 12.3 Å². The number of hydrogen-bond acceptors (Lipinski definition) is 5. The number of hydrogen-bond donors (Lipinski definition) is 1. The van der Waals surface area contributed by atoms with Crippen LogP contribution in [0.3, 0.4) is 0 Å². The summed E-state index contributed by atoms with van der Waals surface area (Å²) in [6, 6.07) is 5.38. The Bertz CT molecular complexity index is 781. The van der Waals surface area contributed by atoms with Crippen LogP contribution in [0.15, 0.2) is 27.4 Å². The minimum Gasteiger partial charge on any atom is -0.497 e. The van der Waals surface area contributed by atoms with Crippen molar-refractivity contribution >= 4 is 16.9 Å². The summed E-state index contributed by atoms with van der Waals surface area (Å²) >= 11 is 0. The minimum absolute atomic E-state index is 0.0786. The molecule has 0 aliphatic carbocycles. The average molecular weight is 347 g/mol. The molecule has 1 aromatic carbocycles. The first-order valence-electron chi connectivity index (χ1n) is 8.51. The third-order valence-corrected chi connectivity index (χ3v) is 4.09. The molecule has 1 N–H and O–H groups in total. The first-order valence-corrected chi connectivity index (χ1v) is 8.51. The maximum atomic E-state index is 12.2. The molecule has 0 spiro atoms. The number of carbonyl (C=O) groups is 1. The van der Waals surface area contributed by atoms with Crippen LogP contribution in [0.25, 0.3) is 11.0 Å². The molecule has 136 valence electrons. The van der Waals surface area contributed by atoms with Crippen molar-refractivity contribution in [3.05, 3.63) is 39.7 Å². The lowest BCUT2D eigenvalue weighted by molar-refractivity contribution is -0.121. The van der Waals surface area contributed by atoms with Crippen molar-refractivity contribution in [2.45, 2.75) is 33.1 Å². The Labute approximate surface area is 147 Å². The van der Waals surface area contributed by atoms with E-state index >= 15 is 0 Å². The summed E-state index contributed by atoms with van der Waals surface area (Å²) in [5.74, 6) is 0.555. The first-order chi connectivity index (χ1) is 12.1. The molecule has 0 fully saturated rings. The number of fused-ring (bicyclic) bond motifs is 1. The SMILES string of the molecule is CCOCCCNC(=O)CCc1c(C)c2ccc(OC)cc2oc1=O. The van der Waals surface area contributed by atoms with Gasteiger partial charge in [0.05, 0.1) is 7.11 Å². The highest BCUT2D eigenvalue weighted by Crippen LogP contribution is 2.24. The number of amides is 1. The number of nitrogens with one attached hydrogen (secondary N) is 1. The molecule has 6 nitrogen and oxygen atoms in total. The van der Waals surface area contributed by atoms with E-state index in [2.05, 4.69) is 5.32 Å². The fourth-order valence-electron chi connectivity index (χ4n) is 2.66. The van der Waals surface area contributed by atoms with E-state index in [1.807, 2.05) is 26.0 Å². The lowest BCUT2D eigenvalue weighted by atomic mass is 10.0. The van der Waals surface area contributed by atoms with E-state index < -0.39 is 5.63 Å². The maximum absolute atomic E-state index is 12.2. The molecule has 0 unspecified atom stereocenters. The van der Waals surface area contributed by atoms with Crippen LogP contribution in [0.5, 0.6) is 5.75 Å². The van der Waals surface area contributed by atoms with Crippen LogP contribution in [0.2, 0.25) is 0 Å². The summed E-state index contributed by atoms with van der Waals surface area (Å²) in [7, 11) is 1.56. The molecular formula is C19H25NO5. The second-order valence-electron chi connectivity index (χ2n) is 5.76. The van der Waals surface area contributed by atoms with Gasteiger partial charge in [-0.15, -0.1) is 0 Å². The van der Waals surface area contributed by atoms with Crippen LogP contribution in [0.4, 0.5) is 0 Å². The first kappa shape index (κ1) is 19.0. The standard InChI is InChI=1S/C19H25NO5/c1-4-24-11-5-10-20-18(21)9-8-16-13(2)15-7-6-14(23-3)12-17(15)25-19(16)22/h6-7,12H,4-5,8-11H2,1-3H3,(H,20,21). The van der Waals surface area contributed by atoms with Crippen molar-refractivity contribution in [1.29, 1.82) is 0 Å². The van der Waals surface area contributed by atoms with E-state index in [4.69, 9.17) is 13.9 Å². The predicted octanol–water partition coefficient (Wildman–Crippen LogP) is 2.59. The summed E-state index contributed by atoms with van der Waals surface area (Å²) in [6.07, 6.45) is 1.38. The molecule has 0 saturated carbocycles. The Hall–Kier alpha value is -2.34. The Kier molecular flexibility index (Phi) is 7.01. The van der Waals surface area contributed by atoms with Crippen molar-refractivity contribution in [3.63, 3.8) is 0 Å². The summed E-state index contributed by atoms with van der Waals surface area (Å²) in [4.78, 5) is 24.2. The smallest absolute Gasteiger partial charge is 0.339 e. The molecule has 2 rings (SSSR count). The van der Waals surface area contributed by atoms with Gasteiger partial charge in [0.2, 0.25) is 5.91 Å². The van der Waals surface area contributed by atoms with Crippen LogP contribution >= 0.6 is 0 Å². The summed E-state index contributed by atoms with van der Waals surface area (Å²) in [5, 5.41) is 3.69. The molecule has 0 aliphatic heterocycles. The fraction of sp³-hybridized carbons (Fsp3) is 0.474. The lowest BCUT2D eigenvalue weighted by Crippen LogP contribution is -2.26. The van der Waals surface area contributed by atoms with Crippen molar-refractivity contribution in [2.24, 2.45) is 0 Å². The number of benzene rings is 1. The summed E-state index contributed by atoms with van der Waals surface area (Å²) in [6.45, 7) is 5.70. The Morgan fingerprint density at radius 1 is 1.32 bits per heavy atom. The third-order valence-electron chi connectivity index (χ3n) is 4.09. The van der Waals surface area contributed by atoms with Crippen LogP contribution in [-0.4, -0.2) is 32.8 Å². The fourth-order valence-corrected chi connectivity index (χ4v) is 2.66. The molecule has 2 aromatic rings. The van der Waals surface area contributed by atoms with Gasteiger partial charge in [0, 0.05) is 43.2 Å². The van der Waals surface area contributed by atoms with Crippen molar-refractivity contribution in [3.8, 4) is 5.75 Å². The molecule has 1 aromatic heterocycles. The molecule has 6 heteroatoms. The number of carbonyl (C=O) groups excluding carboxylic acids is 1. The number of methoxy groups -OCH3 is 1. The number of aryl methyl sites for hydroxylation is 1. The molecule has 25 heavy (non-hydrogen) atoms. The van der Waals surface area contributed by atoms with E-state index in [1.54, 1.807) is 13.2 Å². The Balaban J connectivity index is 2.01. The normalized spacial score (nSPS) is 10.8. The van der Waals surface area contributed by atoms with Gasteiger partial charge in [-0.1, -0.05) is 0 Å². The van der Waals surface area contributed by atoms with E-state index in [9.17, 15) is 9.59 Å². The van der Waals surface area contributed by atoms with Crippen LogP contribution < -0.4 is 15.7 Å². The van der Waals surface area contributed by atoms with Gasteiger partial charge in [0.1, 0.15) is 11.3 Å². The molecular weight excluding hydrogens is 322 g/mol. The Morgan fingerprint density at radius 2 is 2.12 bits per heavy atom. The molecule has 0 bridgehead atoms. The van der Waals surface area contributed by atoms with E-state index in [0.717, 1.165) is 17.4 Å². The van der Waals surface area contributed by atoms with Gasteiger partial charge in [0.15, 0.2) is 0 Å². The molecule has 0 atom stereocenters. The van der Waals surface area contributed by atoms with Gasteiger partial charge in [-0.3, -0.25) is 4.79 Å². The van der Waals surface area contributed by atoms with Crippen LogP contribution in [-0.2, 0) is 16.0 Å². The summed E-state index contributed by atoms with van der Waals surface area (Å²) < 4.78 is 15.8. The van der Waals surface area contributed by atoms with Crippen LogP contribution in [0.1, 0.15) is 30.9 Å². The molecule has 0 radical (unpaired) electrons. The largest absolute Gasteiger partial charge is 0.497 e. The highest BCUT2D eigenvalue weighted by atomic mass is 16.5. The minimum atomic E-state index is -0.401. The van der Waals surface area contributed by atoms with Crippen LogP contribution in [0, 0.1) is 6.92 Å². The maximum Gasteiger partial charge on any atom is 0.339 e. The van der Waals surface area contributed by atoms with Crippen molar-refractivity contribution < 1.29 is 18.7 Å². The second-order valence-corrected chi connectivity index (χ2v) is 5.76. The Morgan fingerprint density at radius 3 is 2.84 bits per heavy atom.